The molecule has 0 bridgehead atoms. The van der Waals surface area contributed by atoms with Gasteiger partial charge in [0.05, 0.1) is 12.2 Å². The summed E-state index contributed by atoms with van der Waals surface area (Å²) in [7, 11) is 2.04. The third-order valence-electron chi connectivity index (χ3n) is 8.83. The van der Waals surface area contributed by atoms with Crippen molar-refractivity contribution in [1.82, 2.24) is 4.90 Å². The van der Waals surface area contributed by atoms with E-state index in [0.717, 1.165) is 25.7 Å². The van der Waals surface area contributed by atoms with Gasteiger partial charge in [-0.1, -0.05) is 194 Å². The highest BCUT2D eigenvalue weighted by molar-refractivity contribution is 4.67. The third-order valence-corrected chi connectivity index (χ3v) is 8.83. The van der Waals surface area contributed by atoms with Gasteiger partial charge in [-0.25, -0.2) is 0 Å². The summed E-state index contributed by atoms with van der Waals surface area (Å²) in [5.74, 6) is 0. The summed E-state index contributed by atoms with van der Waals surface area (Å²) in [6.07, 6.45) is 39.7. The zero-order valence-electron chi connectivity index (χ0n) is 28.1. The average molecular weight is 568 g/mol. The van der Waals surface area contributed by atoms with E-state index in [9.17, 15) is 10.2 Å². The Labute approximate surface area is 253 Å². The molecule has 3 nitrogen and oxygen atoms in total. The van der Waals surface area contributed by atoms with E-state index in [0.29, 0.717) is 13.1 Å². The number of aliphatic hydroxyl groups excluding tert-OH is 2. The second-order valence-electron chi connectivity index (χ2n) is 13.3. The van der Waals surface area contributed by atoms with Gasteiger partial charge >= 0.3 is 0 Å². The molecule has 0 aromatic carbocycles. The van der Waals surface area contributed by atoms with E-state index in [1.54, 1.807) is 0 Å². The van der Waals surface area contributed by atoms with Crippen LogP contribution in [0, 0.1) is 0 Å². The summed E-state index contributed by atoms with van der Waals surface area (Å²) >= 11 is 0. The number of likely N-dealkylation sites (N-methyl/N-ethyl adjacent to an activating group) is 1. The van der Waals surface area contributed by atoms with Gasteiger partial charge in [0, 0.05) is 13.1 Å². The molecular formula is C37H77NO2. The minimum absolute atomic E-state index is 0.254. The molecule has 242 valence electrons. The van der Waals surface area contributed by atoms with Crippen LogP contribution in [0.3, 0.4) is 0 Å². The number of nitrogens with zero attached hydrogens (tertiary/aromatic N) is 1. The Kier molecular flexibility index (Phi) is 33.3. The van der Waals surface area contributed by atoms with Crippen LogP contribution in [0.15, 0.2) is 0 Å². The molecule has 0 heterocycles. The Morgan fingerprint density at radius 1 is 0.350 bits per heavy atom. The summed E-state index contributed by atoms with van der Waals surface area (Å²) in [4.78, 5) is 2.13. The SMILES string of the molecule is CCCCCCCCCCCCCCCCC(O)CN(C)CC(O)CCCCCCCCCCCCCCCC. The van der Waals surface area contributed by atoms with Crippen LogP contribution in [-0.4, -0.2) is 47.5 Å². The van der Waals surface area contributed by atoms with Crippen molar-refractivity contribution < 1.29 is 10.2 Å². The molecule has 0 saturated carbocycles. The van der Waals surface area contributed by atoms with Crippen LogP contribution in [0.5, 0.6) is 0 Å². The summed E-state index contributed by atoms with van der Waals surface area (Å²) in [5.41, 5.74) is 0. The number of aliphatic hydroxyl groups is 2. The van der Waals surface area contributed by atoms with Crippen LogP contribution < -0.4 is 0 Å². The van der Waals surface area contributed by atoms with E-state index >= 15 is 0 Å². The fraction of sp³-hybridized carbons (Fsp3) is 1.00. The van der Waals surface area contributed by atoms with Crippen molar-refractivity contribution in [2.45, 2.75) is 219 Å². The molecule has 0 aliphatic carbocycles. The lowest BCUT2D eigenvalue weighted by Crippen LogP contribution is -2.35. The van der Waals surface area contributed by atoms with E-state index in [2.05, 4.69) is 18.7 Å². The second-order valence-corrected chi connectivity index (χ2v) is 13.3. The molecule has 0 radical (unpaired) electrons. The molecule has 0 rings (SSSR count). The van der Waals surface area contributed by atoms with Crippen LogP contribution in [0.1, 0.15) is 206 Å². The van der Waals surface area contributed by atoms with Gasteiger partial charge in [-0.3, -0.25) is 0 Å². The first-order chi connectivity index (χ1) is 19.6. The lowest BCUT2D eigenvalue weighted by molar-refractivity contribution is 0.0737. The lowest BCUT2D eigenvalue weighted by atomic mass is 10.0. The zero-order chi connectivity index (χ0) is 29.4. The smallest absolute Gasteiger partial charge is 0.0667 e. The molecule has 0 fully saturated rings. The third kappa shape index (κ3) is 32.4. The first-order valence-electron chi connectivity index (χ1n) is 18.6. The van der Waals surface area contributed by atoms with Gasteiger partial charge in [-0.05, 0) is 19.9 Å². The van der Waals surface area contributed by atoms with Gasteiger partial charge in [0.25, 0.3) is 0 Å². The van der Waals surface area contributed by atoms with E-state index in [-0.39, 0.29) is 12.2 Å². The van der Waals surface area contributed by atoms with Crippen LogP contribution in [0.4, 0.5) is 0 Å². The Morgan fingerprint density at radius 2 is 0.550 bits per heavy atom. The first-order valence-corrected chi connectivity index (χ1v) is 18.6. The maximum absolute atomic E-state index is 10.4. The van der Waals surface area contributed by atoms with Crippen LogP contribution in [0.25, 0.3) is 0 Å². The normalized spacial score (nSPS) is 13.3. The van der Waals surface area contributed by atoms with Crippen molar-refractivity contribution >= 4 is 0 Å². The highest BCUT2D eigenvalue weighted by Gasteiger charge is 2.12. The summed E-state index contributed by atoms with van der Waals surface area (Å²) in [5, 5.41) is 20.8. The summed E-state index contributed by atoms with van der Waals surface area (Å²) in [6, 6.07) is 0. The molecule has 40 heavy (non-hydrogen) atoms. The summed E-state index contributed by atoms with van der Waals surface area (Å²) in [6.45, 7) is 5.95. The van der Waals surface area contributed by atoms with Gasteiger partial charge in [0.15, 0.2) is 0 Å². The predicted octanol–water partition coefficient (Wildman–Crippen LogP) is 11.4. The standard InChI is InChI=1S/C37H77NO2/c1-4-6-8-10-12-14-16-18-20-22-24-26-28-30-32-36(39)34-38(3)35-37(40)33-31-29-27-25-23-21-19-17-15-13-11-9-7-5-2/h36-37,39-40H,4-35H2,1-3H3. The molecular weight excluding hydrogens is 490 g/mol. The van der Waals surface area contributed by atoms with Crippen LogP contribution >= 0.6 is 0 Å². The van der Waals surface area contributed by atoms with Crippen molar-refractivity contribution in [1.29, 1.82) is 0 Å². The fourth-order valence-electron chi connectivity index (χ4n) is 6.13. The zero-order valence-corrected chi connectivity index (χ0v) is 28.1. The molecule has 0 aliphatic heterocycles. The van der Waals surface area contributed by atoms with Gasteiger partial charge in [-0.15, -0.1) is 0 Å². The van der Waals surface area contributed by atoms with Gasteiger partial charge in [0.1, 0.15) is 0 Å². The number of unbranched alkanes of at least 4 members (excludes halogenated alkanes) is 26. The molecule has 2 unspecified atom stereocenters. The molecule has 0 aromatic heterocycles. The maximum Gasteiger partial charge on any atom is 0.0667 e. The van der Waals surface area contributed by atoms with Crippen molar-refractivity contribution in [3.8, 4) is 0 Å². The molecule has 3 heteroatoms. The Hall–Kier alpha value is -0.120. The molecule has 0 amide bonds. The highest BCUT2D eigenvalue weighted by atomic mass is 16.3. The van der Waals surface area contributed by atoms with Crippen LogP contribution in [-0.2, 0) is 0 Å². The van der Waals surface area contributed by atoms with E-state index in [1.807, 2.05) is 7.05 Å². The predicted molar refractivity (Wildman–Crippen MR) is 179 cm³/mol. The number of hydrogen-bond acceptors (Lipinski definition) is 3. The van der Waals surface area contributed by atoms with Gasteiger partial charge in [0.2, 0.25) is 0 Å². The molecule has 2 N–H and O–H groups in total. The largest absolute Gasteiger partial charge is 0.392 e. The van der Waals surface area contributed by atoms with Crippen molar-refractivity contribution in [2.24, 2.45) is 0 Å². The minimum atomic E-state index is -0.254. The number of rotatable bonds is 34. The molecule has 0 aromatic rings. The quantitative estimate of drug-likeness (QED) is 0.0760. The lowest BCUT2D eigenvalue weighted by Gasteiger charge is -2.23. The fourth-order valence-corrected chi connectivity index (χ4v) is 6.13. The van der Waals surface area contributed by atoms with E-state index < -0.39 is 0 Å². The van der Waals surface area contributed by atoms with Crippen molar-refractivity contribution in [3.05, 3.63) is 0 Å². The van der Waals surface area contributed by atoms with E-state index in [4.69, 9.17) is 0 Å². The first kappa shape index (κ1) is 39.9. The monoisotopic (exact) mass is 568 g/mol. The summed E-state index contributed by atoms with van der Waals surface area (Å²) < 4.78 is 0. The van der Waals surface area contributed by atoms with Crippen LogP contribution in [0.2, 0.25) is 0 Å². The maximum atomic E-state index is 10.4. The number of hydrogen-bond donors (Lipinski definition) is 2. The molecule has 2 atom stereocenters. The average Bonchev–Trinajstić information content (AvgIpc) is 2.93. The molecule has 0 spiro atoms. The minimum Gasteiger partial charge on any atom is -0.392 e. The Bertz CT molecular complexity index is 417. The topological polar surface area (TPSA) is 43.7 Å². The molecule has 0 saturated heterocycles. The highest BCUT2D eigenvalue weighted by Crippen LogP contribution is 2.16. The Morgan fingerprint density at radius 3 is 0.775 bits per heavy atom. The van der Waals surface area contributed by atoms with Crippen molar-refractivity contribution in [2.75, 3.05) is 20.1 Å². The van der Waals surface area contributed by atoms with Gasteiger partial charge < -0.3 is 15.1 Å². The van der Waals surface area contributed by atoms with Crippen molar-refractivity contribution in [3.63, 3.8) is 0 Å². The molecule has 0 aliphatic rings. The Balaban J connectivity index is 3.39. The second kappa shape index (κ2) is 33.4. The van der Waals surface area contributed by atoms with Gasteiger partial charge in [-0.2, -0.15) is 0 Å². The van der Waals surface area contributed by atoms with E-state index in [1.165, 1.54) is 167 Å².